The third kappa shape index (κ3) is 8.97. The Labute approximate surface area is 266 Å². The van der Waals surface area contributed by atoms with Gasteiger partial charge in [-0.2, -0.15) is 0 Å². The van der Waals surface area contributed by atoms with E-state index in [1.807, 2.05) is 36.4 Å². The number of ether oxygens (including phenoxy) is 3. The number of esters is 1. The summed E-state index contributed by atoms with van der Waals surface area (Å²) in [5, 5.41) is 10.5. The van der Waals surface area contributed by atoms with Gasteiger partial charge in [0.1, 0.15) is 19.3 Å². The molecule has 0 saturated heterocycles. The summed E-state index contributed by atoms with van der Waals surface area (Å²) in [6.45, 7) is -0.952. The molecule has 0 spiro atoms. The second-order valence-corrected chi connectivity index (χ2v) is 12.0. The summed E-state index contributed by atoms with van der Waals surface area (Å²) in [6.07, 6.45) is -2.76. The van der Waals surface area contributed by atoms with Crippen LogP contribution < -0.4 is 11.5 Å². The molecule has 0 amide bonds. The Hall–Kier alpha value is -4.64. The van der Waals surface area contributed by atoms with Crippen molar-refractivity contribution in [2.24, 2.45) is 0 Å². The lowest BCUT2D eigenvalue weighted by Gasteiger charge is -2.27. The number of hydrogen-bond acceptors (Lipinski definition) is 11. The minimum Gasteiger partial charge on any atom is -0.485 e. The number of benzene rings is 4. The zero-order valence-corrected chi connectivity index (χ0v) is 25.8. The summed E-state index contributed by atoms with van der Waals surface area (Å²) in [5.41, 5.74) is 15.7. The van der Waals surface area contributed by atoms with Crippen molar-refractivity contribution in [3.63, 3.8) is 0 Å². The van der Waals surface area contributed by atoms with Crippen molar-refractivity contribution in [2.75, 3.05) is 18.1 Å². The molecule has 5 N–H and O–H groups in total. The molecule has 0 radical (unpaired) electrons. The van der Waals surface area contributed by atoms with Crippen molar-refractivity contribution in [1.29, 1.82) is 0 Å². The number of aliphatic hydroxyl groups is 1. The molecule has 0 bridgehead atoms. The Kier molecular flexibility index (Phi) is 11.1. The minimum absolute atomic E-state index is 0.00229. The summed E-state index contributed by atoms with van der Waals surface area (Å²) < 4.78 is 48.9. The molecule has 2 atom stereocenters. The highest BCUT2D eigenvalue weighted by Gasteiger charge is 2.46. The van der Waals surface area contributed by atoms with Crippen molar-refractivity contribution < 1.29 is 42.2 Å². The molecule has 0 unspecified atom stereocenters. The van der Waals surface area contributed by atoms with Gasteiger partial charge in [-0.3, -0.25) is 13.6 Å². The zero-order valence-electron chi connectivity index (χ0n) is 24.9. The van der Waals surface area contributed by atoms with Crippen molar-refractivity contribution in [1.82, 2.24) is 0 Å². The molecule has 0 aliphatic carbocycles. The van der Waals surface area contributed by atoms with E-state index in [9.17, 15) is 14.5 Å². The van der Waals surface area contributed by atoms with E-state index < -0.39 is 32.6 Å². The first kappa shape index (κ1) is 32.7. The Morgan fingerprint density at radius 3 is 1.61 bits per heavy atom. The van der Waals surface area contributed by atoms with Crippen LogP contribution in [0, 0.1) is 0 Å². The molecule has 5 rings (SSSR count). The summed E-state index contributed by atoms with van der Waals surface area (Å²) in [6, 6.07) is 32.0. The van der Waals surface area contributed by atoms with E-state index in [2.05, 4.69) is 0 Å². The fourth-order valence-corrected chi connectivity index (χ4v) is 5.74. The Bertz CT molecular complexity index is 1600. The number of nitrogen functional groups attached to an aromatic ring is 2. The van der Waals surface area contributed by atoms with Gasteiger partial charge in [0, 0.05) is 11.4 Å². The molecule has 4 aromatic carbocycles. The van der Waals surface area contributed by atoms with Crippen LogP contribution in [0.3, 0.4) is 0 Å². The monoisotopic (exact) mass is 646 g/mol. The molecule has 1 aliphatic heterocycles. The number of hydrogen-bond donors (Lipinski definition) is 3. The summed E-state index contributed by atoms with van der Waals surface area (Å²) >= 11 is 0. The normalized spacial score (nSPS) is 15.4. The first-order valence-corrected chi connectivity index (χ1v) is 15.9. The van der Waals surface area contributed by atoms with Gasteiger partial charge in [0.05, 0.1) is 19.8 Å². The fraction of sp³-hybridized carbons (Fsp3) is 0.206. The molecule has 1 heterocycles. The van der Waals surface area contributed by atoms with Gasteiger partial charge in [0.15, 0.2) is 11.9 Å². The van der Waals surface area contributed by atoms with Gasteiger partial charge in [0.2, 0.25) is 5.76 Å². The van der Waals surface area contributed by atoms with E-state index in [1.54, 1.807) is 72.8 Å². The van der Waals surface area contributed by atoms with Crippen molar-refractivity contribution in [3.05, 3.63) is 143 Å². The van der Waals surface area contributed by atoms with E-state index in [4.69, 9.17) is 39.2 Å². The lowest BCUT2D eigenvalue weighted by atomic mass is 10.1. The number of carbonyl (C=O) groups is 1. The van der Waals surface area contributed by atoms with Gasteiger partial charge in [-0.25, -0.2) is 9.36 Å². The van der Waals surface area contributed by atoms with E-state index in [0.29, 0.717) is 22.5 Å². The standard InChI is InChI=1S/C34H35N2O9P/c35-28-15-11-26(12-16-28)20-40-32-31(44-34(38)33(32)41-21-27-13-17-29(36)18-14-27)30(19-37)45-46(39,42-22-24-7-3-1-4-8-24)43-23-25-9-5-2-6-10-25/h1-18,30-31,37H,19-23,35-36H2/t30-,31+/m0/s1. The Morgan fingerprint density at radius 1 is 0.674 bits per heavy atom. The maximum atomic E-state index is 14.1. The van der Waals surface area contributed by atoms with E-state index in [1.165, 1.54) is 0 Å². The highest BCUT2D eigenvalue weighted by atomic mass is 31.2. The number of carbonyl (C=O) groups excluding carboxylic acids is 1. The second-order valence-electron chi connectivity index (χ2n) is 10.4. The van der Waals surface area contributed by atoms with Crippen LogP contribution in [0.1, 0.15) is 22.3 Å². The SMILES string of the molecule is Nc1ccc(COC2=C(OCc3ccc(N)cc3)[C@@H]([C@H](CO)OP(=O)(OCc3ccccc3)OCc3ccccc3)OC2=O)cc1. The number of anilines is 2. The van der Waals surface area contributed by atoms with E-state index in [-0.39, 0.29) is 37.9 Å². The molecule has 12 heteroatoms. The smallest absolute Gasteiger partial charge is 0.475 e. The predicted molar refractivity (Wildman–Crippen MR) is 170 cm³/mol. The maximum absolute atomic E-state index is 14.1. The average molecular weight is 647 g/mol. The average Bonchev–Trinajstić information content (AvgIpc) is 3.40. The maximum Gasteiger partial charge on any atom is 0.475 e. The molecule has 0 saturated carbocycles. The van der Waals surface area contributed by atoms with Crippen LogP contribution >= 0.6 is 7.82 Å². The first-order chi connectivity index (χ1) is 22.3. The van der Waals surface area contributed by atoms with Crippen LogP contribution in [0.5, 0.6) is 0 Å². The summed E-state index contributed by atoms with van der Waals surface area (Å²) in [7, 11) is -4.39. The van der Waals surface area contributed by atoms with Crippen LogP contribution in [0.15, 0.2) is 121 Å². The van der Waals surface area contributed by atoms with Crippen LogP contribution in [0.25, 0.3) is 0 Å². The molecule has 1 aliphatic rings. The molecule has 0 fully saturated rings. The molecule has 240 valence electrons. The third-order valence-corrected chi connectivity index (χ3v) is 8.30. The van der Waals surface area contributed by atoms with Crippen LogP contribution in [0.2, 0.25) is 0 Å². The second kappa shape index (κ2) is 15.6. The molecule has 46 heavy (non-hydrogen) atoms. The lowest BCUT2D eigenvalue weighted by molar-refractivity contribution is -0.148. The van der Waals surface area contributed by atoms with Gasteiger partial charge in [-0.05, 0) is 46.5 Å². The van der Waals surface area contributed by atoms with Gasteiger partial charge in [0.25, 0.3) is 0 Å². The Morgan fingerprint density at radius 2 is 1.13 bits per heavy atom. The van der Waals surface area contributed by atoms with E-state index in [0.717, 1.165) is 11.1 Å². The fourth-order valence-electron chi connectivity index (χ4n) is 4.42. The number of phosphoric ester groups is 1. The molecule has 4 aromatic rings. The van der Waals surface area contributed by atoms with Crippen LogP contribution in [0.4, 0.5) is 11.4 Å². The molecular weight excluding hydrogens is 611 g/mol. The largest absolute Gasteiger partial charge is 0.485 e. The van der Waals surface area contributed by atoms with E-state index >= 15 is 0 Å². The topological polar surface area (TPSA) is 162 Å². The first-order valence-electron chi connectivity index (χ1n) is 14.5. The number of phosphoric acid groups is 1. The minimum atomic E-state index is -4.39. The van der Waals surface area contributed by atoms with Crippen LogP contribution in [-0.4, -0.2) is 29.9 Å². The quantitative estimate of drug-likeness (QED) is 0.0785. The number of aliphatic hydroxyl groups excluding tert-OH is 1. The zero-order chi connectivity index (χ0) is 32.4. The molecule has 11 nitrogen and oxygen atoms in total. The lowest BCUT2D eigenvalue weighted by Crippen LogP contribution is -2.35. The summed E-state index contributed by atoms with van der Waals surface area (Å²) in [5.74, 6) is -1.11. The third-order valence-electron chi connectivity index (χ3n) is 6.88. The highest BCUT2D eigenvalue weighted by Crippen LogP contribution is 2.53. The molecular formula is C34H35N2O9P. The summed E-state index contributed by atoms with van der Waals surface area (Å²) in [4.78, 5) is 13.1. The highest BCUT2D eigenvalue weighted by molar-refractivity contribution is 7.48. The van der Waals surface area contributed by atoms with Crippen molar-refractivity contribution >= 4 is 25.2 Å². The van der Waals surface area contributed by atoms with Crippen LogP contribution in [-0.2, 0) is 63.6 Å². The number of cyclic esters (lactones) is 1. The number of rotatable bonds is 16. The van der Waals surface area contributed by atoms with Gasteiger partial charge < -0.3 is 30.8 Å². The van der Waals surface area contributed by atoms with Gasteiger partial charge >= 0.3 is 13.8 Å². The molecule has 0 aromatic heterocycles. The van der Waals surface area contributed by atoms with Gasteiger partial charge in [-0.15, -0.1) is 0 Å². The van der Waals surface area contributed by atoms with Crippen molar-refractivity contribution in [3.8, 4) is 0 Å². The predicted octanol–water partition coefficient (Wildman–Crippen LogP) is 5.64. The van der Waals surface area contributed by atoms with Crippen molar-refractivity contribution in [2.45, 2.75) is 38.6 Å². The Balaban J connectivity index is 1.40. The van der Waals surface area contributed by atoms with Gasteiger partial charge in [-0.1, -0.05) is 84.9 Å². The number of nitrogens with two attached hydrogens (primary N) is 2.